The van der Waals surface area contributed by atoms with Crippen LogP contribution < -0.4 is 15.4 Å². The van der Waals surface area contributed by atoms with Crippen LogP contribution >= 0.6 is 46.4 Å². The highest BCUT2D eigenvalue weighted by molar-refractivity contribution is 6.38. The van der Waals surface area contributed by atoms with Crippen molar-refractivity contribution in [2.45, 2.75) is 0 Å². The van der Waals surface area contributed by atoms with Gasteiger partial charge >= 0.3 is 6.03 Å². The molecule has 2 aromatic carbocycles. The molecular weight excluding hydrogens is 479 g/mol. The van der Waals surface area contributed by atoms with E-state index < -0.39 is 17.8 Å². The van der Waals surface area contributed by atoms with Crippen molar-refractivity contribution in [2.24, 2.45) is 0 Å². The first-order chi connectivity index (χ1) is 14.2. The molecule has 0 saturated carbocycles. The third-order valence-electron chi connectivity index (χ3n) is 3.57. The minimum atomic E-state index is -0.911. The number of hydrogen-bond acceptors (Lipinski definition) is 4. The maximum Gasteiger partial charge on any atom is 0.326 e. The molecule has 0 atom stereocenters. The van der Waals surface area contributed by atoms with Crippen LogP contribution in [0.3, 0.4) is 0 Å². The summed E-state index contributed by atoms with van der Waals surface area (Å²) in [7, 11) is 0. The predicted octanol–water partition coefficient (Wildman–Crippen LogP) is 6.59. The van der Waals surface area contributed by atoms with E-state index in [1.807, 2.05) is 5.32 Å². The fourth-order valence-electron chi connectivity index (χ4n) is 2.28. The zero-order valence-corrected chi connectivity index (χ0v) is 17.7. The van der Waals surface area contributed by atoms with Gasteiger partial charge < -0.3 is 10.1 Å². The number of carbonyl (C=O) groups is 2. The number of nitrogens with zero attached hydrogens (tertiary/aromatic N) is 1. The molecule has 0 fully saturated rings. The lowest BCUT2D eigenvalue weighted by atomic mass is 10.2. The number of benzene rings is 2. The number of halogens is 5. The van der Waals surface area contributed by atoms with Crippen molar-refractivity contribution < 1.29 is 18.7 Å². The van der Waals surface area contributed by atoms with Crippen molar-refractivity contribution in [3.05, 3.63) is 80.1 Å². The lowest BCUT2D eigenvalue weighted by molar-refractivity contribution is 0.0963. The average molecular weight is 489 g/mol. The van der Waals surface area contributed by atoms with E-state index in [2.05, 4.69) is 10.3 Å². The number of pyridine rings is 1. The Kier molecular flexibility index (Phi) is 6.99. The Morgan fingerprint density at radius 1 is 0.967 bits per heavy atom. The van der Waals surface area contributed by atoms with Crippen molar-refractivity contribution in [3.63, 3.8) is 0 Å². The molecule has 0 aliphatic carbocycles. The lowest BCUT2D eigenvalue weighted by Crippen LogP contribution is -2.34. The van der Waals surface area contributed by atoms with E-state index in [1.54, 1.807) is 0 Å². The van der Waals surface area contributed by atoms with Gasteiger partial charge in [-0.25, -0.2) is 14.2 Å². The SMILES string of the molecule is O=C(NC(=O)c1ccccc1F)Nc1cc(Cl)c(Oc2ncc(Cl)cc2Cl)c(Cl)c1. The minimum absolute atomic E-state index is 0.0267. The number of rotatable bonds is 4. The van der Waals surface area contributed by atoms with E-state index in [4.69, 9.17) is 51.1 Å². The molecule has 11 heteroatoms. The molecule has 3 amide bonds. The zero-order chi connectivity index (χ0) is 21.8. The van der Waals surface area contributed by atoms with Crippen LogP contribution in [-0.2, 0) is 0 Å². The van der Waals surface area contributed by atoms with Crippen LogP contribution in [0.25, 0.3) is 0 Å². The van der Waals surface area contributed by atoms with Gasteiger partial charge in [0.05, 0.1) is 20.6 Å². The normalized spacial score (nSPS) is 10.4. The summed E-state index contributed by atoms with van der Waals surface area (Å²) < 4.78 is 19.2. The molecule has 0 bridgehead atoms. The molecule has 0 spiro atoms. The average Bonchev–Trinajstić information content (AvgIpc) is 2.66. The molecule has 30 heavy (non-hydrogen) atoms. The van der Waals surface area contributed by atoms with Crippen molar-refractivity contribution in [2.75, 3.05) is 5.32 Å². The number of aromatic nitrogens is 1. The number of hydrogen-bond donors (Lipinski definition) is 2. The van der Waals surface area contributed by atoms with Crippen LogP contribution in [0, 0.1) is 5.82 Å². The molecule has 3 aromatic rings. The fraction of sp³-hybridized carbons (Fsp3) is 0. The quantitative estimate of drug-likeness (QED) is 0.434. The van der Waals surface area contributed by atoms with Gasteiger partial charge in [0.25, 0.3) is 5.91 Å². The van der Waals surface area contributed by atoms with Crippen LogP contribution in [0.1, 0.15) is 10.4 Å². The second-order valence-electron chi connectivity index (χ2n) is 5.70. The summed E-state index contributed by atoms with van der Waals surface area (Å²) in [4.78, 5) is 28.0. The standard InChI is InChI=1S/C19H10Cl4FN3O3/c20-9-5-14(23)18(25-8-9)30-16-12(21)6-10(7-13(16)22)26-19(29)27-17(28)11-3-1-2-4-15(11)24/h1-8H,(H2,26,27,28,29). The highest BCUT2D eigenvalue weighted by Crippen LogP contribution is 2.40. The molecule has 0 saturated heterocycles. The van der Waals surface area contributed by atoms with Gasteiger partial charge in [0.1, 0.15) is 10.8 Å². The Morgan fingerprint density at radius 3 is 2.27 bits per heavy atom. The molecular formula is C19H10Cl4FN3O3. The Bertz CT molecular complexity index is 1120. The number of ether oxygens (including phenoxy) is 1. The van der Waals surface area contributed by atoms with Crippen molar-refractivity contribution >= 4 is 64.0 Å². The predicted molar refractivity (Wildman–Crippen MR) is 114 cm³/mol. The van der Waals surface area contributed by atoms with Crippen LogP contribution in [-0.4, -0.2) is 16.9 Å². The summed E-state index contributed by atoms with van der Waals surface area (Å²) in [6.07, 6.45) is 1.33. The Balaban J connectivity index is 1.72. The number of anilines is 1. The maximum absolute atomic E-state index is 13.6. The number of urea groups is 1. The largest absolute Gasteiger partial charge is 0.434 e. The van der Waals surface area contributed by atoms with E-state index in [0.29, 0.717) is 5.02 Å². The summed E-state index contributed by atoms with van der Waals surface area (Å²) in [6.45, 7) is 0. The Labute approximate surface area is 189 Å². The summed E-state index contributed by atoms with van der Waals surface area (Å²) >= 11 is 24.2. The summed E-state index contributed by atoms with van der Waals surface area (Å²) in [5.74, 6) is -1.60. The maximum atomic E-state index is 13.6. The highest BCUT2D eigenvalue weighted by Gasteiger charge is 2.17. The van der Waals surface area contributed by atoms with Gasteiger partial charge in [-0.15, -0.1) is 0 Å². The monoisotopic (exact) mass is 487 g/mol. The molecule has 0 aliphatic heterocycles. The van der Waals surface area contributed by atoms with Gasteiger partial charge in [-0.2, -0.15) is 0 Å². The first-order valence-electron chi connectivity index (χ1n) is 8.09. The molecule has 6 nitrogen and oxygen atoms in total. The molecule has 0 radical (unpaired) electrons. The second kappa shape index (κ2) is 9.49. The van der Waals surface area contributed by atoms with E-state index in [9.17, 15) is 14.0 Å². The molecule has 0 aliphatic rings. The molecule has 0 unspecified atom stereocenters. The zero-order valence-electron chi connectivity index (χ0n) is 14.7. The van der Waals surface area contributed by atoms with Crippen molar-refractivity contribution in [1.29, 1.82) is 0 Å². The first-order valence-corrected chi connectivity index (χ1v) is 9.60. The lowest BCUT2D eigenvalue weighted by Gasteiger charge is -2.13. The van der Waals surface area contributed by atoms with Gasteiger partial charge in [0.15, 0.2) is 5.75 Å². The van der Waals surface area contributed by atoms with E-state index in [1.165, 1.54) is 42.6 Å². The van der Waals surface area contributed by atoms with E-state index >= 15 is 0 Å². The first kappa shape index (κ1) is 22.1. The Hall–Kier alpha value is -2.58. The molecule has 154 valence electrons. The van der Waals surface area contributed by atoms with Crippen LogP contribution in [0.15, 0.2) is 48.7 Å². The number of amides is 3. The molecule has 3 rings (SSSR count). The van der Waals surface area contributed by atoms with Gasteiger partial charge in [-0.1, -0.05) is 58.5 Å². The molecule has 2 N–H and O–H groups in total. The van der Waals surface area contributed by atoms with Gasteiger partial charge in [-0.3, -0.25) is 10.1 Å². The van der Waals surface area contributed by atoms with E-state index in [-0.39, 0.29) is 37.9 Å². The summed E-state index contributed by atoms with van der Waals surface area (Å²) in [5, 5.41) is 4.91. The van der Waals surface area contributed by atoms with Crippen LogP contribution in [0.4, 0.5) is 14.9 Å². The second-order valence-corrected chi connectivity index (χ2v) is 7.36. The summed E-state index contributed by atoms with van der Waals surface area (Å²) in [6, 6.07) is 8.43. The molecule has 1 aromatic heterocycles. The minimum Gasteiger partial charge on any atom is -0.434 e. The third-order valence-corrected chi connectivity index (χ3v) is 4.61. The highest BCUT2D eigenvalue weighted by atomic mass is 35.5. The van der Waals surface area contributed by atoms with E-state index in [0.717, 1.165) is 6.07 Å². The number of nitrogens with one attached hydrogen (secondary N) is 2. The van der Waals surface area contributed by atoms with Crippen molar-refractivity contribution in [1.82, 2.24) is 10.3 Å². The van der Waals surface area contributed by atoms with Crippen LogP contribution in [0.5, 0.6) is 11.6 Å². The van der Waals surface area contributed by atoms with Gasteiger partial charge in [0.2, 0.25) is 5.88 Å². The number of imide groups is 1. The molecule has 1 heterocycles. The fourth-order valence-corrected chi connectivity index (χ4v) is 3.26. The van der Waals surface area contributed by atoms with Gasteiger partial charge in [-0.05, 0) is 30.3 Å². The van der Waals surface area contributed by atoms with Crippen LogP contribution in [0.2, 0.25) is 20.1 Å². The smallest absolute Gasteiger partial charge is 0.326 e. The summed E-state index contributed by atoms with van der Waals surface area (Å²) in [5.41, 5.74) is -0.119. The van der Waals surface area contributed by atoms with Gasteiger partial charge in [0, 0.05) is 11.9 Å². The number of carbonyl (C=O) groups excluding carboxylic acids is 2. The topological polar surface area (TPSA) is 80.3 Å². The third kappa shape index (κ3) is 5.31. The Morgan fingerprint density at radius 2 is 1.63 bits per heavy atom. The van der Waals surface area contributed by atoms with Crippen molar-refractivity contribution in [3.8, 4) is 11.6 Å².